The molecule has 15 heavy (non-hydrogen) atoms. The molecule has 0 spiro atoms. The van der Waals surface area contributed by atoms with Crippen molar-refractivity contribution in [2.45, 2.75) is 43.9 Å². The third-order valence-corrected chi connectivity index (χ3v) is 2.95. The predicted octanol–water partition coefficient (Wildman–Crippen LogP) is 3.89. The monoisotopic (exact) mass is 227 g/mol. The zero-order valence-electron chi connectivity index (χ0n) is 8.90. The summed E-state index contributed by atoms with van der Waals surface area (Å²) >= 11 is 6.13. The molecule has 0 aromatic rings. The highest BCUT2D eigenvalue weighted by atomic mass is 35.5. The Morgan fingerprint density at radius 2 is 1.67 bits per heavy atom. The molecule has 0 saturated heterocycles. The van der Waals surface area contributed by atoms with Gasteiger partial charge in [-0.25, -0.2) is 0 Å². The summed E-state index contributed by atoms with van der Waals surface area (Å²) in [5, 5.41) is 12.0. The Morgan fingerprint density at radius 1 is 1.07 bits per heavy atom. The minimum Gasteiger partial charge on any atom is -0.411 e. The fourth-order valence-corrected chi connectivity index (χ4v) is 1.85. The van der Waals surface area contributed by atoms with E-state index in [9.17, 15) is 0 Å². The first-order valence-corrected chi connectivity index (χ1v) is 5.93. The summed E-state index contributed by atoms with van der Waals surface area (Å²) in [5.74, 6) is 0. The average molecular weight is 228 g/mol. The maximum Gasteiger partial charge on any atom is 0.0754 e. The van der Waals surface area contributed by atoms with E-state index in [2.05, 4.69) is 29.5 Å². The topological polar surface area (TPSA) is 32.6 Å². The van der Waals surface area contributed by atoms with Crippen LogP contribution >= 0.6 is 11.6 Å². The highest BCUT2D eigenvalue weighted by molar-refractivity contribution is 6.32. The Morgan fingerprint density at radius 3 is 2.33 bits per heavy atom. The van der Waals surface area contributed by atoms with Crippen LogP contribution in [0.1, 0.15) is 38.5 Å². The number of nitrogens with zero attached hydrogens (tertiary/aromatic N) is 1. The van der Waals surface area contributed by atoms with Crippen LogP contribution in [0.25, 0.3) is 0 Å². The first-order valence-electron chi connectivity index (χ1n) is 5.49. The van der Waals surface area contributed by atoms with Gasteiger partial charge in [0.25, 0.3) is 0 Å². The lowest BCUT2D eigenvalue weighted by molar-refractivity contribution is 0.316. The summed E-state index contributed by atoms with van der Waals surface area (Å²) in [6.07, 6.45) is 14.3. The molecule has 0 aromatic carbocycles. The molecule has 0 bridgehead atoms. The second kappa shape index (κ2) is 7.52. The van der Waals surface area contributed by atoms with Crippen LogP contribution in [0.3, 0.4) is 0 Å². The summed E-state index contributed by atoms with van der Waals surface area (Å²) in [6, 6.07) is 0. The maximum atomic E-state index is 8.83. The van der Waals surface area contributed by atoms with Crippen LogP contribution in [0.15, 0.2) is 29.5 Å². The van der Waals surface area contributed by atoms with E-state index in [1.165, 1.54) is 0 Å². The average Bonchev–Trinajstić information content (AvgIpc) is 2.23. The van der Waals surface area contributed by atoms with E-state index in [4.69, 9.17) is 16.8 Å². The first-order chi connectivity index (χ1) is 7.34. The molecule has 0 heterocycles. The number of hydrogen-bond acceptors (Lipinski definition) is 2. The van der Waals surface area contributed by atoms with Crippen LogP contribution in [0, 0.1) is 0 Å². The van der Waals surface area contributed by atoms with Crippen molar-refractivity contribution in [1.82, 2.24) is 0 Å². The zero-order chi connectivity index (χ0) is 10.9. The number of alkyl halides is 1. The molecular formula is C12H18ClNO. The fourth-order valence-electron chi connectivity index (χ4n) is 1.57. The minimum atomic E-state index is -0.132. The smallest absolute Gasteiger partial charge is 0.0754 e. The van der Waals surface area contributed by atoms with Crippen molar-refractivity contribution in [2.24, 2.45) is 5.16 Å². The van der Waals surface area contributed by atoms with E-state index in [-0.39, 0.29) is 5.38 Å². The summed E-state index contributed by atoms with van der Waals surface area (Å²) in [6.45, 7) is 0. The van der Waals surface area contributed by atoms with Crippen molar-refractivity contribution in [3.05, 3.63) is 24.3 Å². The van der Waals surface area contributed by atoms with Crippen molar-refractivity contribution < 1.29 is 5.21 Å². The molecule has 1 unspecified atom stereocenters. The molecule has 0 aromatic heterocycles. The van der Waals surface area contributed by atoms with Crippen LogP contribution in [0.5, 0.6) is 0 Å². The molecule has 84 valence electrons. The molecule has 2 nitrogen and oxygen atoms in total. The Hall–Kier alpha value is -0.760. The fraction of sp³-hybridized carbons (Fsp3) is 0.583. The second-order valence-electron chi connectivity index (χ2n) is 3.70. The molecule has 1 rings (SSSR count). The number of allylic oxidation sites excluding steroid dienone is 4. The molecular weight excluding hydrogens is 210 g/mol. The molecule has 1 N–H and O–H groups in total. The molecule has 0 amide bonds. The maximum absolute atomic E-state index is 8.83. The lowest BCUT2D eigenvalue weighted by Crippen LogP contribution is -2.14. The Kier molecular flexibility index (Phi) is 6.17. The number of oxime groups is 1. The molecule has 1 aliphatic carbocycles. The molecule has 1 aliphatic rings. The van der Waals surface area contributed by atoms with Crippen LogP contribution in [0.4, 0.5) is 0 Å². The third-order valence-electron chi connectivity index (χ3n) is 2.48. The van der Waals surface area contributed by atoms with Gasteiger partial charge in [0.05, 0.1) is 11.1 Å². The molecule has 0 saturated carbocycles. The first kappa shape index (κ1) is 12.3. The number of halogens is 1. The lowest BCUT2D eigenvalue weighted by Gasteiger charge is -2.09. The van der Waals surface area contributed by atoms with Gasteiger partial charge in [-0.15, -0.1) is 11.6 Å². The summed E-state index contributed by atoms with van der Waals surface area (Å²) in [7, 11) is 0. The lowest BCUT2D eigenvalue weighted by atomic mass is 10.1. The van der Waals surface area contributed by atoms with E-state index in [0.717, 1.165) is 38.5 Å². The van der Waals surface area contributed by atoms with Crippen molar-refractivity contribution >= 4 is 17.3 Å². The van der Waals surface area contributed by atoms with Crippen LogP contribution in [-0.2, 0) is 0 Å². The van der Waals surface area contributed by atoms with E-state index in [1.54, 1.807) is 0 Å². The standard InChI is InChI=1S/C12H18ClNO/c13-11-9-7-5-3-1-2-4-6-8-10-12(11)14-15/h3-6,11,15H,1-2,7-10H2/b5-3+,6-4+,14-12?. The van der Waals surface area contributed by atoms with Gasteiger partial charge in [-0.05, 0) is 38.5 Å². The Bertz CT molecular complexity index is 258. The highest BCUT2D eigenvalue weighted by Crippen LogP contribution is 2.13. The van der Waals surface area contributed by atoms with Gasteiger partial charge in [-0.1, -0.05) is 29.5 Å². The van der Waals surface area contributed by atoms with Gasteiger partial charge in [-0.2, -0.15) is 0 Å². The van der Waals surface area contributed by atoms with Crippen molar-refractivity contribution in [3.63, 3.8) is 0 Å². The molecule has 0 fully saturated rings. The van der Waals surface area contributed by atoms with Gasteiger partial charge in [0.1, 0.15) is 0 Å². The van der Waals surface area contributed by atoms with Gasteiger partial charge in [0.2, 0.25) is 0 Å². The van der Waals surface area contributed by atoms with Gasteiger partial charge in [0, 0.05) is 0 Å². The number of hydrogen-bond donors (Lipinski definition) is 1. The van der Waals surface area contributed by atoms with Crippen LogP contribution in [0.2, 0.25) is 0 Å². The van der Waals surface area contributed by atoms with Crippen LogP contribution in [-0.4, -0.2) is 16.3 Å². The number of rotatable bonds is 0. The zero-order valence-corrected chi connectivity index (χ0v) is 9.66. The van der Waals surface area contributed by atoms with E-state index in [1.807, 2.05) is 0 Å². The molecule has 1 atom stereocenters. The SMILES string of the molecule is ON=C1CC/C=C/CC/C=C/CCC1Cl. The minimum absolute atomic E-state index is 0.132. The normalized spacial score (nSPS) is 31.5. The second-order valence-corrected chi connectivity index (χ2v) is 4.22. The van der Waals surface area contributed by atoms with Gasteiger partial charge in [-0.3, -0.25) is 0 Å². The van der Waals surface area contributed by atoms with E-state index < -0.39 is 0 Å². The van der Waals surface area contributed by atoms with Crippen molar-refractivity contribution in [2.75, 3.05) is 0 Å². The summed E-state index contributed by atoms with van der Waals surface area (Å²) in [5.41, 5.74) is 0.704. The molecule has 3 heteroatoms. The van der Waals surface area contributed by atoms with E-state index >= 15 is 0 Å². The summed E-state index contributed by atoms with van der Waals surface area (Å²) in [4.78, 5) is 0. The molecule has 0 aliphatic heterocycles. The molecule has 0 radical (unpaired) electrons. The Labute approximate surface area is 96.3 Å². The van der Waals surface area contributed by atoms with Gasteiger partial charge in [0.15, 0.2) is 0 Å². The van der Waals surface area contributed by atoms with E-state index in [0.29, 0.717) is 5.71 Å². The quantitative estimate of drug-likeness (QED) is 0.290. The highest BCUT2D eigenvalue weighted by Gasteiger charge is 2.12. The summed E-state index contributed by atoms with van der Waals surface area (Å²) < 4.78 is 0. The predicted molar refractivity (Wildman–Crippen MR) is 64.8 cm³/mol. The Balaban J connectivity index is 2.55. The van der Waals surface area contributed by atoms with Gasteiger partial charge < -0.3 is 5.21 Å². The third kappa shape index (κ3) is 5.03. The van der Waals surface area contributed by atoms with Crippen LogP contribution < -0.4 is 0 Å². The van der Waals surface area contributed by atoms with Crippen molar-refractivity contribution in [1.29, 1.82) is 0 Å². The largest absolute Gasteiger partial charge is 0.411 e. The van der Waals surface area contributed by atoms with Crippen molar-refractivity contribution in [3.8, 4) is 0 Å². The van der Waals surface area contributed by atoms with Gasteiger partial charge >= 0.3 is 0 Å².